The van der Waals surface area contributed by atoms with Gasteiger partial charge in [0.05, 0.1) is 6.10 Å². The van der Waals surface area contributed by atoms with E-state index < -0.39 is 0 Å². The zero-order valence-electron chi connectivity index (χ0n) is 12.3. The molecule has 0 spiro atoms. The second kappa shape index (κ2) is 5.60. The number of ether oxygens (including phenoxy) is 1. The van der Waals surface area contributed by atoms with Gasteiger partial charge in [0.25, 0.3) is 5.91 Å². The first kappa shape index (κ1) is 13.7. The molecule has 5 nitrogen and oxygen atoms in total. The highest BCUT2D eigenvalue weighted by Crippen LogP contribution is 2.24. The van der Waals surface area contributed by atoms with Crippen molar-refractivity contribution in [1.82, 2.24) is 10.2 Å². The van der Waals surface area contributed by atoms with Crippen molar-refractivity contribution < 1.29 is 9.53 Å². The topological polar surface area (TPSA) is 67.0 Å². The van der Waals surface area contributed by atoms with E-state index in [-0.39, 0.29) is 12.0 Å². The molecule has 0 unspecified atom stereocenters. The van der Waals surface area contributed by atoms with Crippen LogP contribution < -0.4 is 10.1 Å². The number of nitrogens with one attached hydrogen (secondary N) is 2. The number of aromatic nitrogens is 2. The molecular formula is C16H19N3O2. The summed E-state index contributed by atoms with van der Waals surface area (Å²) in [5.41, 5.74) is 3.42. The van der Waals surface area contributed by atoms with E-state index >= 15 is 0 Å². The van der Waals surface area contributed by atoms with Crippen LogP contribution in [0.1, 0.15) is 42.0 Å². The Balaban J connectivity index is 1.69. The number of aryl methyl sites for hydroxylation is 1. The quantitative estimate of drug-likeness (QED) is 0.907. The van der Waals surface area contributed by atoms with Crippen LogP contribution in [-0.4, -0.2) is 22.2 Å². The minimum Gasteiger partial charge on any atom is -0.491 e. The van der Waals surface area contributed by atoms with Gasteiger partial charge in [-0.2, -0.15) is 5.10 Å². The average Bonchev–Trinajstić information content (AvgIpc) is 3.02. The Labute approximate surface area is 123 Å². The van der Waals surface area contributed by atoms with E-state index in [4.69, 9.17) is 4.74 Å². The van der Waals surface area contributed by atoms with Crippen LogP contribution in [0.15, 0.2) is 24.3 Å². The zero-order chi connectivity index (χ0) is 14.8. The maximum atomic E-state index is 12.3. The maximum absolute atomic E-state index is 12.3. The van der Waals surface area contributed by atoms with Gasteiger partial charge in [-0.3, -0.25) is 9.89 Å². The molecule has 0 atom stereocenters. The van der Waals surface area contributed by atoms with Gasteiger partial charge in [-0.05, 0) is 57.4 Å². The molecule has 1 aliphatic carbocycles. The predicted octanol–water partition coefficient (Wildman–Crippen LogP) is 2.94. The molecule has 1 heterocycles. The summed E-state index contributed by atoms with van der Waals surface area (Å²) in [7, 11) is 0. The van der Waals surface area contributed by atoms with Crippen molar-refractivity contribution in [2.45, 2.75) is 39.2 Å². The van der Waals surface area contributed by atoms with Gasteiger partial charge >= 0.3 is 0 Å². The lowest BCUT2D eigenvalue weighted by Gasteiger charge is -2.10. The van der Waals surface area contributed by atoms with Crippen LogP contribution in [0.4, 0.5) is 5.69 Å². The fraction of sp³-hybridized carbons (Fsp3) is 0.375. The van der Waals surface area contributed by atoms with Crippen molar-refractivity contribution in [1.29, 1.82) is 0 Å². The fourth-order valence-electron chi connectivity index (χ4n) is 2.59. The molecule has 0 fully saturated rings. The number of benzene rings is 1. The minimum atomic E-state index is -0.160. The second-order valence-corrected chi connectivity index (χ2v) is 5.53. The van der Waals surface area contributed by atoms with Crippen LogP contribution in [0.3, 0.4) is 0 Å². The lowest BCUT2D eigenvalue weighted by molar-refractivity contribution is 0.102. The van der Waals surface area contributed by atoms with Crippen molar-refractivity contribution in [3.05, 3.63) is 41.2 Å². The van der Waals surface area contributed by atoms with Crippen LogP contribution in [0.25, 0.3) is 0 Å². The molecule has 0 radical (unpaired) electrons. The Morgan fingerprint density at radius 1 is 1.29 bits per heavy atom. The highest BCUT2D eigenvalue weighted by Gasteiger charge is 2.22. The summed E-state index contributed by atoms with van der Waals surface area (Å²) in [4.78, 5) is 12.3. The maximum Gasteiger partial charge on any atom is 0.276 e. The van der Waals surface area contributed by atoms with Crippen molar-refractivity contribution in [2.24, 2.45) is 0 Å². The Kier molecular flexibility index (Phi) is 3.64. The number of carbonyl (C=O) groups is 1. The number of hydrogen-bond acceptors (Lipinski definition) is 3. The van der Waals surface area contributed by atoms with E-state index in [0.29, 0.717) is 5.69 Å². The smallest absolute Gasteiger partial charge is 0.276 e. The molecule has 2 N–H and O–H groups in total. The predicted molar refractivity (Wildman–Crippen MR) is 80.8 cm³/mol. The number of hydrogen-bond donors (Lipinski definition) is 2. The van der Waals surface area contributed by atoms with Crippen LogP contribution in [0.5, 0.6) is 5.75 Å². The molecule has 1 amide bonds. The van der Waals surface area contributed by atoms with Crippen molar-refractivity contribution in [3.63, 3.8) is 0 Å². The highest BCUT2D eigenvalue weighted by molar-refractivity contribution is 6.04. The molecule has 0 aliphatic heterocycles. The zero-order valence-corrected chi connectivity index (χ0v) is 12.3. The highest BCUT2D eigenvalue weighted by atomic mass is 16.5. The minimum absolute atomic E-state index is 0.136. The molecule has 21 heavy (non-hydrogen) atoms. The number of anilines is 1. The summed E-state index contributed by atoms with van der Waals surface area (Å²) in [6.07, 6.45) is 3.13. The fourth-order valence-corrected chi connectivity index (χ4v) is 2.59. The Bertz CT molecular complexity index is 644. The third kappa shape index (κ3) is 2.91. The van der Waals surface area contributed by atoms with E-state index in [1.165, 1.54) is 0 Å². The summed E-state index contributed by atoms with van der Waals surface area (Å²) < 4.78 is 5.58. The summed E-state index contributed by atoms with van der Waals surface area (Å²) in [6.45, 7) is 3.96. The Hall–Kier alpha value is -2.30. The number of nitrogens with zero attached hydrogens (tertiary/aromatic N) is 1. The number of aromatic amines is 1. The summed E-state index contributed by atoms with van der Waals surface area (Å²) >= 11 is 0. The Morgan fingerprint density at radius 3 is 2.76 bits per heavy atom. The van der Waals surface area contributed by atoms with Crippen molar-refractivity contribution in [3.8, 4) is 5.75 Å². The second-order valence-electron chi connectivity index (χ2n) is 5.53. The van der Waals surface area contributed by atoms with E-state index in [1.807, 2.05) is 38.1 Å². The lowest BCUT2D eigenvalue weighted by atomic mass is 10.2. The van der Waals surface area contributed by atoms with Gasteiger partial charge in [0.1, 0.15) is 5.75 Å². The first-order valence-electron chi connectivity index (χ1n) is 7.27. The Morgan fingerprint density at radius 2 is 2.05 bits per heavy atom. The molecule has 3 rings (SSSR count). The summed E-state index contributed by atoms with van der Waals surface area (Å²) in [5.74, 6) is 0.635. The van der Waals surface area contributed by atoms with Gasteiger partial charge in [0.2, 0.25) is 0 Å². The third-order valence-corrected chi connectivity index (χ3v) is 3.51. The van der Waals surface area contributed by atoms with Gasteiger partial charge in [-0.15, -0.1) is 0 Å². The normalized spacial score (nSPS) is 13.3. The molecular weight excluding hydrogens is 266 g/mol. The van der Waals surface area contributed by atoms with Crippen molar-refractivity contribution in [2.75, 3.05) is 5.32 Å². The monoisotopic (exact) mass is 285 g/mol. The average molecular weight is 285 g/mol. The first-order valence-corrected chi connectivity index (χ1v) is 7.27. The van der Waals surface area contributed by atoms with Crippen LogP contribution >= 0.6 is 0 Å². The molecule has 0 saturated carbocycles. The van der Waals surface area contributed by atoms with E-state index in [9.17, 15) is 4.79 Å². The molecule has 110 valence electrons. The molecule has 1 aliphatic rings. The van der Waals surface area contributed by atoms with E-state index in [2.05, 4.69) is 15.5 Å². The summed E-state index contributed by atoms with van der Waals surface area (Å²) in [5, 5.41) is 9.96. The number of rotatable bonds is 4. The molecule has 5 heteroatoms. The standard InChI is InChI=1S/C16H19N3O2/c1-10(2)21-12-8-6-11(7-9-12)17-16(20)15-13-4-3-5-14(13)18-19-15/h6-10H,3-5H2,1-2H3,(H,17,20)(H,18,19). The van der Waals surface area contributed by atoms with Gasteiger partial charge in [0, 0.05) is 16.9 Å². The third-order valence-electron chi connectivity index (χ3n) is 3.51. The van der Waals surface area contributed by atoms with Gasteiger partial charge < -0.3 is 10.1 Å². The summed E-state index contributed by atoms with van der Waals surface area (Å²) in [6, 6.07) is 7.38. The molecule has 1 aromatic carbocycles. The number of carbonyl (C=O) groups excluding carboxylic acids is 1. The number of fused-ring (bicyclic) bond motifs is 1. The van der Waals surface area contributed by atoms with E-state index in [1.54, 1.807) is 0 Å². The molecule has 2 aromatic rings. The van der Waals surface area contributed by atoms with Crippen molar-refractivity contribution >= 4 is 11.6 Å². The molecule has 1 aromatic heterocycles. The van der Waals surface area contributed by atoms with E-state index in [0.717, 1.165) is 42.0 Å². The van der Waals surface area contributed by atoms with Crippen LogP contribution in [0.2, 0.25) is 0 Å². The lowest BCUT2D eigenvalue weighted by Crippen LogP contribution is -2.14. The van der Waals surface area contributed by atoms with Gasteiger partial charge in [-0.25, -0.2) is 0 Å². The van der Waals surface area contributed by atoms with Gasteiger partial charge in [-0.1, -0.05) is 0 Å². The number of amides is 1. The van der Waals surface area contributed by atoms with Crippen LogP contribution in [0, 0.1) is 0 Å². The SMILES string of the molecule is CC(C)Oc1ccc(NC(=O)c2n[nH]c3c2CCC3)cc1. The first-order chi connectivity index (χ1) is 10.1. The van der Waals surface area contributed by atoms with Crippen LogP contribution in [-0.2, 0) is 12.8 Å². The number of H-pyrrole nitrogens is 1. The molecule has 0 bridgehead atoms. The molecule has 0 saturated heterocycles. The van der Waals surface area contributed by atoms with Gasteiger partial charge in [0.15, 0.2) is 5.69 Å². The largest absolute Gasteiger partial charge is 0.491 e.